The van der Waals surface area contributed by atoms with Crippen LogP contribution in [-0.4, -0.2) is 51.6 Å². The summed E-state index contributed by atoms with van der Waals surface area (Å²) >= 11 is 1.93. The van der Waals surface area contributed by atoms with E-state index in [0.29, 0.717) is 36.6 Å². The lowest BCUT2D eigenvalue weighted by Crippen LogP contribution is -2.46. The Morgan fingerprint density at radius 3 is 2.83 bits per heavy atom. The third-order valence-electron chi connectivity index (χ3n) is 6.35. The van der Waals surface area contributed by atoms with Crippen LogP contribution in [0.25, 0.3) is 11.2 Å². The number of nitrogens with zero attached hydrogens (tertiary/aromatic N) is 4. The van der Waals surface area contributed by atoms with Gasteiger partial charge in [-0.1, -0.05) is 36.8 Å². The molecule has 0 saturated carbocycles. The molecular weight excluding hydrogens is 458 g/mol. The smallest absolute Gasteiger partial charge is 0.295 e. The second-order valence-corrected chi connectivity index (χ2v) is 10.4. The van der Waals surface area contributed by atoms with Crippen LogP contribution in [0.3, 0.4) is 0 Å². The second kappa shape index (κ2) is 12.2. The fraction of sp³-hybridized carbons (Fsp3) is 0.481. The maximum atomic E-state index is 13.6. The molecule has 1 aromatic carbocycles. The molecule has 0 unspecified atom stereocenters. The monoisotopic (exact) mass is 493 g/mol. The number of aromatic nitrogens is 3. The molecule has 35 heavy (non-hydrogen) atoms. The van der Waals surface area contributed by atoms with Gasteiger partial charge in [-0.3, -0.25) is 14.2 Å². The van der Waals surface area contributed by atoms with Crippen LogP contribution in [0.15, 0.2) is 47.4 Å². The average Bonchev–Trinajstić information content (AvgIpc) is 2.88. The highest BCUT2D eigenvalue weighted by atomic mass is 32.2. The van der Waals surface area contributed by atoms with Crippen molar-refractivity contribution in [3.8, 4) is 0 Å². The third-order valence-corrected chi connectivity index (χ3v) is 7.62. The SMILES string of the molecule is CCCSCCCNC(=O)[C@H]1CCCN(c2nc3cccnc3n(Cc3ccc(C)cc3)c2=O)C1. The molecule has 0 aliphatic carbocycles. The van der Waals surface area contributed by atoms with Crippen molar-refractivity contribution >= 4 is 34.7 Å². The number of benzene rings is 1. The molecule has 1 aliphatic rings. The van der Waals surface area contributed by atoms with Crippen molar-refractivity contribution in [2.75, 3.05) is 36.0 Å². The lowest BCUT2D eigenvalue weighted by Gasteiger charge is -2.32. The Balaban J connectivity index is 1.52. The van der Waals surface area contributed by atoms with E-state index in [1.807, 2.05) is 47.9 Å². The first-order valence-electron chi connectivity index (χ1n) is 12.6. The molecule has 186 valence electrons. The summed E-state index contributed by atoms with van der Waals surface area (Å²) in [4.78, 5) is 37.6. The van der Waals surface area contributed by atoms with Crippen LogP contribution in [0.1, 0.15) is 43.7 Å². The third kappa shape index (κ3) is 6.42. The lowest BCUT2D eigenvalue weighted by atomic mass is 9.97. The van der Waals surface area contributed by atoms with E-state index in [1.54, 1.807) is 10.8 Å². The first-order valence-corrected chi connectivity index (χ1v) is 13.7. The molecule has 0 spiro atoms. The first-order chi connectivity index (χ1) is 17.1. The molecule has 0 bridgehead atoms. The highest BCUT2D eigenvalue weighted by Gasteiger charge is 2.28. The van der Waals surface area contributed by atoms with Crippen LogP contribution < -0.4 is 15.8 Å². The van der Waals surface area contributed by atoms with Gasteiger partial charge in [0, 0.05) is 25.8 Å². The van der Waals surface area contributed by atoms with Crippen molar-refractivity contribution in [3.05, 3.63) is 64.1 Å². The summed E-state index contributed by atoms with van der Waals surface area (Å²) in [7, 11) is 0. The predicted molar refractivity (Wildman–Crippen MR) is 144 cm³/mol. The number of thioether (sulfide) groups is 1. The van der Waals surface area contributed by atoms with Crippen LogP contribution in [-0.2, 0) is 11.3 Å². The Hall–Kier alpha value is -2.87. The molecule has 1 amide bonds. The van der Waals surface area contributed by atoms with Crippen molar-refractivity contribution in [1.29, 1.82) is 0 Å². The lowest BCUT2D eigenvalue weighted by molar-refractivity contribution is -0.125. The van der Waals surface area contributed by atoms with E-state index in [0.717, 1.165) is 37.1 Å². The van der Waals surface area contributed by atoms with Gasteiger partial charge in [-0.2, -0.15) is 11.8 Å². The molecule has 1 aliphatic heterocycles. The minimum Gasteiger partial charge on any atom is -0.356 e. The number of carbonyl (C=O) groups is 1. The Bertz CT molecular complexity index is 1190. The number of anilines is 1. The highest BCUT2D eigenvalue weighted by molar-refractivity contribution is 7.99. The number of amides is 1. The first kappa shape index (κ1) is 25.2. The van der Waals surface area contributed by atoms with Gasteiger partial charge in [0.05, 0.1) is 12.5 Å². The fourth-order valence-corrected chi connectivity index (χ4v) is 5.29. The Morgan fingerprint density at radius 1 is 1.20 bits per heavy atom. The summed E-state index contributed by atoms with van der Waals surface area (Å²) in [5.74, 6) is 2.59. The van der Waals surface area contributed by atoms with E-state index in [9.17, 15) is 9.59 Å². The summed E-state index contributed by atoms with van der Waals surface area (Å²) in [6.07, 6.45) is 5.54. The van der Waals surface area contributed by atoms with Crippen LogP contribution >= 0.6 is 11.8 Å². The molecule has 1 N–H and O–H groups in total. The van der Waals surface area contributed by atoms with E-state index in [-0.39, 0.29) is 17.4 Å². The van der Waals surface area contributed by atoms with E-state index >= 15 is 0 Å². The Kier molecular flexibility index (Phi) is 8.79. The topological polar surface area (TPSA) is 80.1 Å². The van der Waals surface area contributed by atoms with Gasteiger partial charge >= 0.3 is 0 Å². The number of aryl methyl sites for hydroxylation is 1. The van der Waals surface area contributed by atoms with Crippen LogP contribution in [0.5, 0.6) is 0 Å². The summed E-state index contributed by atoms with van der Waals surface area (Å²) in [5.41, 5.74) is 3.32. The molecule has 3 aromatic rings. The molecule has 0 radical (unpaired) electrons. The zero-order valence-electron chi connectivity index (χ0n) is 20.7. The minimum absolute atomic E-state index is 0.0811. The quantitative estimate of drug-likeness (QED) is 0.430. The van der Waals surface area contributed by atoms with Gasteiger partial charge in [0.25, 0.3) is 5.56 Å². The predicted octanol–water partition coefficient (Wildman–Crippen LogP) is 4.01. The van der Waals surface area contributed by atoms with E-state index in [2.05, 4.69) is 29.4 Å². The molecular formula is C27H35N5O2S. The van der Waals surface area contributed by atoms with Crippen molar-refractivity contribution in [1.82, 2.24) is 19.9 Å². The number of rotatable bonds is 10. The molecule has 4 rings (SSSR count). The number of fused-ring (bicyclic) bond motifs is 1. The number of hydrogen-bond acceptors (Lipinski definition) is 6. The zero-order chi connectivity index (χ0) is 24.6. The summed E-state index contributed by atoms with van der Waals surface area (Å²) < 4.78 is 1.71. The van der Waals surface area contributed by atoms with Crippen molar-refractivity contribution < 1.29 is 4.79 Å². The molecule has 1 atom stereocenters. The van der Waals surface area contributed by atoms with Crippen molar-refractivity contribution in [2.24, 2.45) is 5.92 Å². The normalized spacial score (nSPS) is 15.9. The van der Waals surface area contributed by atoms with Gasteiger partial charge in [0.2, 0.25) is 5.91 Å². The number of pyridine rings is 1. The zero-order valence-corrected chi connectivity index (χ0v) is 21.5. The Labute approximate surface area is 211 Å². The van der Waals surface area contributed by atoms with Gasteiger partial charge in [0.1, 0.15) is 5.52 Å². The van der Waals surface area contributed by atoms with E-state index in [1.165, 1.54) is 17.7 Å². The number of nitrogens with one attached hydrogen (secondary N) is 1. The summed E-state index contributed by atoms with van der Waals surface area (Å²) in [6.45, 7) is 6.59. The largest absolute Gasteiger partial charge is 0.356 e. The van der Waals surface area contributed by atoms with Gasteiger partial charge in [-0.25, -0.2) is 9.97 Å². The number of carbonyl (C=O) groups excluding carboxylic acids is 1. The summed E-state index contributed by atoms with van der Waals surface area (Å²) in [6, 6.07) is 11.9. The van der Waals surface area contributed by atoms with Gasteiger partial charge < -0.3 is 10.2 Å². The number of hydrogen-bond donors (Lipinski definition) is 1. The van der Waals surface area contributed by atoms with Gasteiger partial charge in [0.15, 0.2) is 11.5 Å². The molecule has 1 saturated heterocycles. The van der Waals surface area contributed by atoms with Crippen LogP contribution in [0.2, 0.25) is 0 Å². The highest BCUT2D eigenvalue weighted by Crippen LogP contribution is 2.22. The standard InChI is InChI=1S/C27H35N5O2S/c1-3-16-35-17-6-14-29-26(33)22-7-5-15-31(19-22)25-27(34)32(18-21-11-9-20(2)10-12-21)24-23(30-25)8-4-13-28-24/h4,8-13,22H,3,5-7,14-19H2,1-2H3,(H,29,33)/t22-/m0/s1. The molecule has 8 heteroatoms. The minimum atomic E-state index is -0.161. The van der Waals surface area contributed by atoms with Gasteiger partial charge in [-0.05, 0) is 61.8 Å². The second-order valence-electron chi connectivity index (χ2n) is 9.20. The van der Waals surface area contributed by atoms with Crippen molar-refractivity contribution in [3.63, 3.8) is 0 Å². The Morgan fingerprint density at radius 2 is 2.03 bits per heavy atom. The molecule has 1 fully saturated rings. The molecule has 2 aromatic heterocycles. The van der Waals surface area contributed by atoms with E-state index < -0.39 is 0 Å². The maximum Gasteiger partial charge on any atom is 0.295 e. The van der Waals surface area contributed by atoms with Crippen LogP contribution in [0.4, 0.5) is 5.82 Å². The fourth-order valence-electron chi connectivity index (χ4n) is 4.45. The van der Waals surface area contributed by atoms with Crippen molar-refractivity contribution in [2.45, 2.75) is 46.1 Å². The van der Waals surface area contributed by atoms with Crippen LogP contribution in [0, 0.1) is 12.8 Å². The summed E-state index contributed by atoms with van der Waals surface area (Å²) in [5, 5.41) is 3.10. The average molecular weight is 494 g/mol. The van der Waals surface area contributed by atoms with E-state index in [4.69, 9.17) is 4.98 Å². The molecule has 7 nitrogen and oxygen atoms in total. The number of piperidine rings is 1. The van der Waals surface area contributed by atoms with Gasteiger partial charge in [-0.15, -0.1) is 0 Å². The molecule has 3 heterocycles. The maximum absolute atomic E-state index is 13.6.